The van der Waals surface area contributed by atoms with Gasteiger partial charge in [-0.15, -0.1) is 0 Å². The second-order valence-electron chi connectivity index (χ2n) is 7.35. The number of alkyl halides is 1. The molecular formula is C18H23ClFNO2. The van der Waals surface area contributed by atoms with E-state index < -0.39 is 11.3 Å². The summed E-state index contributed by atoms with van der Waals surface area (Å²) in [4.78, 5) is 12.2. The lowest BCUT2D eigenvalue weighted by molar-refractivity contribution is -0.153. The van der Waals surface area contributed by atoms with Gasteiger partial charge in [-0.3, -0.25) is 4.79 Å². The third kappa shape index (κ3) is 4.71. The van der Waals surface area contributed by atoms with Gasteiger partial charge in [-0.05, 0) is 51.0 Å². The van der Waals surface area contributed by atoms with E-state index in [0.717, 1.165) is 16.7 Å². The van der Waals surface area contributed by atoms with E-state index in [0.29, 0.717) is 23.6 Å². The number of hydrogen-bond donors (Lipinski definition) is 1. The highest BCUT2D eigenvalue weighted by atomic mass is 35.5. The van der Waals surface area contributed by atoms with Gasteiger partial charge in [0.25, 0.3) is 0 Å². The maximum atomic E-state index is 13.9. The van der Waals surface area contributed by atoms with Gasteiger partial charge in [0, 0.05) is 12.8 Å². The molecule has 0 saturated heterocycles. The highest BCUT2D eigenvalue weighted by Crippen LogP contribution is 2.45. The quantitative estimate of drug-likeness (QED) is 0.627. The summed E-state index contributed by atoms with van der Waals surface area (Å²) in [5, 5.41) is 0.458. The Labute approximate surface area is 141 Å². The van der Waals surface area contributed by atoms with E-state index in [4.69, 9.17) is 22.1 Å². The van der Waals surface area contributed by atoms with Gasteiger partial charge in [0.2, 0.25) is 0 Å². The van der Waals surface area contributed by atoms with Crippen LogP contribution in [-0.2, 0) is 9.53 Å². The topological polar surface area (TPSA) is 52.3 Å². The minimum absolute atomic E-state index is 0.101. The monoisotopic (exact) mass is 339 g/mol. The van der Waals surface area contributed by atoms with E-state index in [-0.39, 0.29) is 12.4 Å². The van der Waals surface area contributed by atoms with Gasteiger partial charge in [-0.1, -0.05) is 23.2 Å². The smallest absolute Gasteiger partial charge is 0.310 e. The van der Waals surface area contributed by atoms with E-state index in [1.165, 1.54) is 0 Å². The first-order valence-electron chi connectivity index (χ1n) is 7.64. The molecule has 0 unspecified atom stereocenters. The Kier molecular flexibility index (Phi) is 4.76. The molecule has 0 amide bonds. The van der Waals surface area contributed by atoms with Crippen molar-refractivity contribution < 1.29 is 13.9 Å². The van der Waals surface area contributed by atoms with Crippen molar-refractivity contribution in [3.63, 3.8) is 0 Å². The van der Waals surface area contributed by atoms with Crippen LogP contribution in [0.2, 0.25) is 5.02 Å². The molecular weight excluding hydrogens is 317 g/mol. The van der Waals surface area contributed by atoms with Crippen molar-refractivity contribution in [1.29, 1.82) is 0 Å². The van der Waals surface area contributed by atoms with Gasteiger partial charge in [0.1, 0.15) is 11.3 Å². The maximum Gasteiger partial charge on any atom is 0.310 e. The zero-order valence-corrected chi connectivity index (χ0v) is 14.8. The third-order valence-electron chi connectivity index (χ3n) is 3.68. The molecule has 2 N–H and O–H groups in total. The second-order valence-corrected chi connectivity index (χ2v) is 7.76. The third-order valence-corrected chi connectivity index (χ3v) is 4.02. The van der Waals surface area contributed by atoms with Crippen LogP contribution in [0.4, 0.5) is 10.1 Å². The average molecular weight is 340 g/mol. The van der Waals surface area contributed by atoms with Crippen LogP contribution in [0.25, 0.3) is 5.57 Å². The summed E-state index contributed by atoms with van der Waals surface area (Å²) in [6, 6.07) is 5.22. The Balaban J connectivity index is 2.30. The molecule has 0 heterocycles. The molecule has 1 saturated carbocycles. The van der Waals surface area contributed by atoms with Crippen LogP contribution in [-0.4, -0.2) is 17.2 Å². The average Bonchev–Trinajstić information content (AvgIpc) is 2.34. The zero-order valence-electron chi connectivity index (χ0n) is 14.0. The van der Waals surface area contributed by atoms with Gasteiger partial charge in [0.05, 0.1) is 17.1 Å². The molecule has 1 aromatic rings. The van der Waals surface area contributed by atoms with Gasteiger partial charge in [-0.2, -0.15) is 0 Å². The molecule has 1 aromatic carbocycles. The van der Waals surface area contributed by atoms with Gasteiger partial charge in [0.15, 0.2) is 0 Å². The maximum absolute atomic E-state index is 13.9. The number of benzene rings is 1. The molecule has 1 fully saturated rings. The standard InChI is InChI=1S/C18H23ClFNO2/c1-17(2,3)23-16(22)8-13(12-9-18(4,20)10-12)11-5-6-14(19)15(21)7-11/h5-7H,8-10,21H2,1-4H3. The van der Waals surface area contributed by atoms with Gasteiger partial charge >= 0.3 is 5.97 Å². The Bertz CT molecular complexity index is 649. The summed E-state index contributed by atoms with van der Waals surface area (Å²) >= 11 is 5.96. The predicted octanol–water partition coefficient (Wildman–Crippen LogP) is 4.93. The van der Waals surface area contributed by atoms with Crippen LogP contribution in [0.5, 0.6) is 0 Å². The van der Waals surface area contributed by atoms with E-state index in [1.54, 1.807) is 25.1 Å². The first kappa shape index (κ1) is 17.8. The van der Waals surface area contributed by atoms with Crippen molar-refractivity contribution in [2.24, 2.45) is 0 Å². The molecule has 0 spiro atoms. The fourth-order valence-electron chi connectivity index (χ4n) is 2.74. The number of carbonyl (C=O) groups is 1. The van der Waals surface area contributed by atoms with Gasteiger partial charge < -0.3 is 10.5 Å². The Hall–Kier alpha value is -1.55. The fraction of sp³-hybridized carbons (Fsp3) is 0.500. The van der Waals surface area contributed by atoms with E-state index in [9.17, 15) is 9.18 Å². The Morgan fingerprint density at radius 1 is 1.39 bits per heavy atom. The summed E-state index contributed by atoms with van der Waals surface area (Å²) in [6.45, 7) is 7.03. The number of halogens is 2. The van der Waals surface area contributed by atoms with Crippen LogP contribution in [0.15, 0.2) is 23.8 Å². The summed E-state index contributed by atoms with van der Waals surface area (Å²) in [7, 11) is 0. The Morgan fingerprint density at radius 3 is 2.48 bits per heavy atom. The second kappa shape index (κ2) is 6.16. The van der Waals surface area contributed by atoms with Crippen LogP contribution >= 0.6 is 11.6 Å². The summed E-state index contributed by atoms with van der Waals surface area (Å²) < 4.78 is 19.3. The molecule has 0 atom stereocenters. The number of hydrogen-bond acceptors (Lipinski definition) is 3. The summed E-state index contributed by atoms with van der Waals surface area (Å²) in [5.41, 5.74) is 7.06. The number of allylic oxidation sites excluding steroid dienone is 1. The molecule has 0 radical (unpaired) electrons. The number of carbonyl (C=O) groups excluding carboxylic acids is 1. The van der Waals surface area contributed by atoms with Crippen LogP contribution in [0.1, 0.15) is 52.5 Å². The van der Waals surface area contributed by atoms with Crippen molar-refractivity contribution >= 4 is 28.8 Å². The van der Waals surface area contributed by atoms with Crippen molar-refractivity contribution in [2.75, 3.05) is 5.73 Å². The van der Waals surface area contributed by atoms with Crippen LogP contribution < -0.4 is 5.73 Å². The largest absolute Gasteiger partial charge is 0.460 e. The van der Waals surface area contributed by atoms with Gasteiger partial charge in [-0.25, -0.2) is 4.39 Å². The number of ether oxygens (including phenoxy) is 1. The number of anilines is 1. The first-order valence-corrected chi connectivity index (χ1v) is 8.02. The normalized spacial score (nSPS) is 20.9. The highest BCUT2D eigenvalue weighted by Gasteiger charge is 2.38. The van der Waals surface area contributed by atoms with E-state index in [1.807, 2.05) is 20.8 Å². The van der Waals surface area contributed by atoms with E-state index >= 15 is 0 Å². The zero-order chi connectivity index (χ0) is 17.4. The summed E-state index contributed by atoms with van der Waals surface area (Å²) in [6.07, 6.45) is 0.755. The number of rotatable bonds is 3. The number of esters is 1. The number of nitrogen functional groups attached to an aromatic ring is 1. The molecule has 2 rings (SSSR count). The highest BCUT2D eigenvalue weighted by molar-refractivity contribution is 6.33. The Morgan fingerprint density at radius 2 is 2.00 bits per heavy atom. The van der Waals surface area contributed by atoms with Crippen LogP contribution in [0, 0.1) is 0 Å². The summed E-state index contributed by atoms with van der Waals surface area (Å²) in [5.74, 6) is -0.332. The first-order chi connectivity index (χ1) is 10.5. The fourth-order valence-corrected chi connectivity index (χ4v) is 2.85. The molecule has 23 heavy (non-hydrogen) atoms. The molecule has 0 bridgehead atoms. The molecule has 1 aliphatic carbocycles. The van der Waals surface area contributed by atoms with Crippen molar-refractivity contribution in [3.8, 4) is 0 Å². The van der Waals surface area contributed by atoms with Crippen LogP contribution in [0.3, 0.4) is 0 Å². The lowest BCUT2D eigenvalue weighted by Crippen LogP contribution is -2.31. The van der Waals surface area contributed by atoms with Crippen molar-refractivity contribution in [3.05, 3.63) is 34.4 Å². The lowest BCUT2D eigenvalue weighted by Gasteiger charge is -2.35. The molecule has 126 valence electrons. The molecule has 0 aromatic heterocycles. The van der Waals surface area contributed by atoms with Crippen molar-refractivity contribution in [2.45, 2.75) is 58.2 Å². The molecule has 3 nitrogen and oxygen atoms in total. The minimum atomic E-state index is -1.20. The molecule has 1 aliphatic rings. The van der Waals surface area contributed by atoms with Crippen molar-refractivity contribution in [1.82, 2.24) is 0 Å². The SMILES string of the molecule is CC1(F)CC(=C(CC(=O)OC(C)(C)C)c2ccc(Cl)c(N)c2)C1. The lowest BCUT2D eigenvalue weighted by atomic mass is 9.74. The minimum Gasteiger partial charge on any atom is -0.460 e. The molecule has 0 aliphatic heterocycles. The predicted molar refractivity (Wildman–Crippen MR) is 92.0 cm³/mol. The number of nitrogens with two attached hydrogens (primary N) is 1. The van der Waals surface area contributed by atoms with E-state index in [2.05, 4.69) is 0 Å². The molecule has 5 heteroatoms.